The summed E-state index contributed by atoms with van der Waals surface area (Å²) in [7, 11) is 0. The zero-order chi connectivity index (χ0) is 6.95. The normalized spacial score (nSPS) is 10.9. The second-order valence-electron chi connectivity index (χ2n) is 2.09. The van der Waals surface area contributed by atoms with Gasteiger partial charge in [0.25, 0.3) is 0 Å². The number of hydrogen-bond donors (Lipinski definition) is 0. The fraction of sp³-hybridized carbons (Fsp3) is 0.750. The average Bonchev–Trinajstić information content (AvgIpc) is 1.89. The smallest absolute Gasteiger partial charge is 0.0226 e. The maximum Gasteiger partial charge on any atom is 0.0226 e. The molecule has 0 bridgehead atoms. The molecule has 0 radical (unpaired) electrons. The fourth-order valence-electron chi connectivity index (χ4n) is 0.597. The van der Waals surface area contributed by atoms with Gasteiger partial charge in [0, 0.05) is 5.88 Å². The Hall–Kier alpha value is 0.0300. The van der Waals surface area contributed by atoms with Crippen LogP contribution in [0.4, 0.5) is 0 Å². The molecule has 0 heterocycles. The van der Waals surface area contributed by atoms with Gasteiger partial charge < -0.3 is 0 Å². The third-order valence-corrected chi connectivity index (χ3v) is 1.39. The van der Waals surface area contributed by atoms with E-state index >= 15 is 0 Å². The van der Waals surface area contributed by atoms with Crippen LogP contribution in [0.25, 0.3) is 0 Å². The molecule has 0 aromatic carbocycles. The lowest BCUT2D eigenvalue weighted by molar-refractivity contribution is 0.925. The van der Waals surface area contributed by atoms with Gasteiger partial charge in [-0.15, -0.1) is 11.6 Å². The van der Waals surface area contributed by atoms with Crippen LogP contribution >= 0.6 is 11.6 Å². The van der Waals surface area contributed by atoms with E-state index in [0.717, 1.165) is 18.7 Å². The Bertz CT molecular complexity index is 67.0. The number of halogens is 1. The molecule has 54 valence electrons. The van der Waals surface area contributed by atoms with Gasteiger partial charge in [0.15, 0.2) is 0 Å². The predicted octanol–water partition coefficient (Wildman–Crippen LogP) is 3.36. The van der Waals surface area contributed by atoms with Crippen LogP contribution in [-0.4, -0.2) is 5.88 Å². The zero-order valence-electron chi connectivity index (χ0n) is 6.07. The Labute approximate surface area is 62.9 Å². The summed E-state index contributed by atoms with van der Waals surface area (Å²) in [5, 5.41) is 0. The molecule has 0 rings (SSSR count). The Balaban J connectivity index is 2.86. The summed E-state index contributed by atoms with van der Waals surface area (Å²) >= 11 is 5.48. The van der Waals surface area contributed by atoms with Crippen molar-refractivity contribution in [2.45, 2.75) is 32.6 Å². The van der Waals surface area contributed by atoms with Crippen molar-refractivity contribution in [2.24, 2.45) is 0 Å². The van der Waals surface area contributed by atoms with Crippen LogP contribution in [0, 0.1) is 0 Å². The van der Waals surface area contributed by atoms with E-state index in [4.69, 9.17) is 11.6 Å². The fourth-order valence-corrected chi connectivity index (χ4v) is 0.752. The highest BCUT2D eigenvalue weighted by atomic mass is 35.5. The third kappa shape index (κ3) is 8.03. The van der Waals surface area contributed by atoms with Gasteiger partial charge in [0.1, 0.15) is 0 Å². The summed E-state index contributed by atoms with van der Waals surface area (Å²) in [6.45, 7) is 2.19. The van der Waals surface area contributed by atoms with E-state index in [2.05, 4.69) is 19.1 Å². The lowest BCUT2D eigenvalue weighted by atomic mass is 10.2. The molecule has 0 aromatic heterocycles. The molecule has 0 amide bonds. The first-order valence-electron chi connectivity index (χ1n) is 3.62. The first-order chi connectivity index (χ1) is 4.41. The van der Waals surface area contributed by atoms with Crippen LogP contribution in [0.2, 0.25) is 0 Å². The van der Waals surface area contributed by atoms with Gasteiger partial charge in [-0.1, -0.05) is 25.5 Å². The molecule has 0 N–H and O–H groups in total. The summed E-state index contributed by atoms with van der Waals surface area (Å²) in [4.78, 5) is 0. The minimum Gasteiger partial charge on any atom is -0.127 e. The quantitative estimate of drug-likeness (QED) is 0.317. The van der Waals surface area contributed by atoms with E-state index in [0.29, 0.717) is 0 Å². The van der Waals surface area contributed by atoms with Crippen LogP contribution < -0.4 is 0 Å². The number of allylic oxidation sites excluding steroid dienone is 2. The maximum atomic E-state index is 5.48. The molecule has 9 heavy (non-hydrogen) atoms. The summed E-state index contributed by atoms with van der Waals surface area (Å²) in [6.07, 6.45) is 9.16. The van der Waals surface area contributed by atoms with Crippen LogP contribution in [-0.2, 0) is 0 Å². The Morgan fingerprint density at radius 3 is 2.44 bits per heavy atom. The van der Waals surface area contributed by atoms with E-state index in [9.17, 15) is 0 Å². The summed E-state index contributed by atoms with van der Waals surface area (Å²) in [5.74, 6) is 0.788. The molecular weight excluding hydrogens is 132 g/mol. The van der Waals surface area contributed by atoms with E-state index in [1.54, 1.807) is 0 Å². The van der Waals surface area contributed by atoms with Crippen molar-refractivity contribution < 1.29 is 0 Å². The number of hydrogen-bond acceptors (Lipinski definition) is 0. The van der Waals surface area contributed by atoms with E-state index in [-0.39, 0.29) is 0 Å². The van der Waals surface area contributed by atoms with E-state index < -0.39 is 0 Å². The molecule has 0 spiro atoms. The highest BCUT2D eigenvalue weighted by Crippen LogP contribution is 1.95. The molecule has 0 nitrogen and oxygen atoms in total. The van der Waals surface area contributed by atoms with Gasteiger partial charge in [-0.25, -0.2) is 0 Å². The van der Waals surface area contributed by atoms with Crippen LogP contribution in [0.3, 0.4) is 0 Å². The standard InChI is InChI=1S/C8H15Cl/c1-2-3-4-5-6-7-8-9/h4-5H,2-3,6-8H2,1H3/b5-4+. The molecule has 0 aliphatic heterocycles. The Morgan fingerprint density at radius 2 is 1.89 bits per heavy atom. The minimum atomic E-state index is 0.788. The van der Waals surface area contributed by atoms with Crippen LogP contribution in [0.5, 0.6) is 0 Å². The van der Waals surface area contributed by atoms with Gasteiger partial charge in [-0.05, 0) is 19.3 Å². The first-order valence-corrected chi connectivity index (χ1v) is 4.16. The van der Waals surface area contributed by atoms with Crippen molar-refractivity contribution in [3.05, 3.63) is 12.2 Å². The van der Waals surface area contributed by atoms with E-state index in [1.165, 1.54) is 12.8 Å². The van der Waals surface area contributed by atoms with Crippen molar-refractivity contribution in [1.29, 1.82) is 0 Å². The molecule has 0 aromatic rings. The maximum absolute atomic E-state index is 5.48. The van der Waals surface area contributed by atoms with Crippen molar-refractivity contribution in [3.63, 3.8) is 0 Å². The minimum absolute atomic E-state index is 0.788. The SMILES string of the molecule is CCC/C=C/CCCCl. The largest absolute Gasteiger partial charge is 0.127 e. The van der Waals surface area contributed by atoms with Crippen molar-refractivity contribution in [2.75, 3.05) is 5.88 Å². The molecule has 0 aliphatic carbocycles. The highest BCUT2D eigenvalue weighted by molar-refractivity contribution is 6.17. The van der Waals surface area contributed by atoms with Gasteiger partial charge in [-0.2, -0.15) is 0 Å². The molecule has 0 saturated heterocycles. The highest BCUT2D eigenvalue weighted by Gasteiger charge is 1.77. The van der Waals surface area contributed by atoms with Crippen molar-refractivity contribution in [3.8, 4) is 0 Å². The molecular formula is C8H15Cl. The number of alkyl halides is 1. The second-order valence-corrected chi connectivity index (χ2v) is 2.47. The first kappa shape index (κ1) is 9.03. The number of unbranched alkanes of at least 4 members (excludes halogenated alkanes) is 2. The lowest BCUT2D eigenvalue weighted by Gasteiger charge is -1.86. The summed E-state index contributed by atoms with van der Waals surface area (Å²) < 4.78 is 0. The predicted molar refractivity (Wildman–Crippen MR) is 44.0 cm³/mol. The molecule has 0 saturated carbocycles. The molecule has 0 unspecified atom stereocenters. The van der Waals surface area contributed by atoms with Gasteiger partial charge >= 0.3 is 0 Å². The van der Waals surface area contributed by atoms with Gasteiger partial charge in [0.05, 0.1) is 0 Å². The van der Waals surface area contributed by atoms with Crippen molar-refractivity contribution in [1.82, 2.24) is 0 Å². The molecule has 0 fully saturated rings. The second kappa shape index (κ2) is 8.03. The Morgan fingerprint density at radius 1 is 1.22 bits per heavy atom. The van der Waals surface area contributed by atoms with Crippen LogP contribution in [0.1, 0.15) is 32.6 Å². The average molecular weight is 147 g/mol. The molecule has 0 aliphatic rings. The van der Waals surface area contributed by atoms with E-state index in [1.807, 2.05) is 0 Å². The topological polar surface area (TPSA) is 0 Å². The van der Waals surface area contributed by atoms with Gasteiger partial charge in [-0.3, -0.25) is 0 Å². The molecule has 1 heteroatoms. The Kier molecular flexibility index (Phi) is 8.06. The lowest BCUT2D eigenvalue weighted by Crippen LogP contribution is -1.70. The van der Waals surface area contributed by atoms with Gasteiger partial charge in [0.2, 0.25) is 0 Å². The monoisotopic (exact) mass is 146 g/mol. The van der Waals surface area contributed by atoms with Crippen molar-refractivity contribution >= 4 is 11.6 Å². The molecule has 0 atom stereocenters. The zero-order valence-corrected chi connectivity index (χ0v) is 6.82. The van der Waals surface area contributed by atoms with Crippen LogP contribution in [0.15, 0.2) is 12.2 Å². The number of rotatable bonds is 5. The summed E-state index contributed by atoms with van der Waals surface area (Å²) in [6, 6.07) is 0. The third-order valence-electron chi connectivity index (χ3n) is 1.13. The summed E-state index contributed by atoms with van der Waals surface area (Å²) in [5.41, 5.74) is 0.